The van der Waals surface area contributed by atoms with Gasteiger partial charge in [-0.15, -0.1) is 0 Å². The highest BCUT2D eigenvalue weighted by Gasteiger charge is 2.27. The van der Waals surface area contributed by atoms with Gasteiger partial charge in [0.2, 0.25) is 0 Å². The van der Waals surface area contributed by atoms with Crippen molar-refractivity contribution in [1.29, 1.82) is 0 Å². The molecule has 0 spiro atoms. The number of hydrogen-bond acceptors (Lipinski definition) is 1. The van der Waals surface area contributed by atoms with Gasteiger partial charge in [0.05, 0.1) is 6.04 Å². The summed E-state index contributed by atoms with van der Waals surface area (Å²) < 4.78 is 0. The van der Waals surface area contributed by atoms with Crippen molar-refractivity contribution in [3.63, 3.8) is 0 Å². The molecule has 1 aliphatic heterocycles. The average molecular weight is 79.1 g/mol. The zero-order valence-corrected chi connectivity index (χ0v) is 3.33. The molecule has 1 aliphatic carbocycles. The van der Waals surface area contributed by atoms with Crippen molar-refractivity contribution >= 4 is 6.21 Å². The van der Waals surface area contributed by atoms with Crippen molar-refractivity contribution in [3.8, 4) is 0 Å². The molecule has 2 aliphatic rings. The van der Waals surface area contributed by atoms with Crippen molar-refractivity contribution in [2.75, 3.05) is 0 Å². The minimum absolute atomic E-state index is 0.602. The lowest BCUT2D eigenvalue weighted by molar-refractivity contribution is 0.616. The van der Waals surface area contributed by atoms with Gasteiger partial charge in [0.15, 0.2) is 0 Å². The van der Waals surface area contributed by atoms with E-state index < -0.39 is 0 Å². The molecule has 0 fully saturated rings. The predicted octanol–water partition coefficient (Wildman–Crippen LogP) is 0.625. The van der Waals surface area contributed by atoms with Crippen LogP contribution in [0, 0.1) is 5.92 Å². The van der Waals surface area contributed by atoms with E-state index in [4.69, 9.17) is 0 Å². The minimum atomic E-state index is 0.602. The fourth-order valence-corrected chi connectivity index (χ4v) is 0.723. The molecule has 1 heterocycles. The summed E-state index contributed by atoms with van der Waals surface area (Å²) in [5.74, 6) is 0.741. The SMILES string of the molecule is C1=CC2N=CC12. The van der Waals surface area contributed by atoms with E-state index in [1.165, 1.54) is 0 Å². The van der Waals surface area contributed by atoms with E-state index in [0.29, 0.717) is 6.04 Å². The maximum absolute atomic E-state index is 4.03. The van der Waals surface area contributed by atoms with Crippen LogP contribution in [0.25, 0.3) is 0 Å². The largest absolute Gasteiger partial charge is 0.288 e. The van der Waals surface area contributed by atoms with E-state index >= 15 is 0 Å². The van der Waals surface area contributed by atoms with Gasteiger partial charge in [-0.2, -0.15) is 0 Å². The molecule has 0 radical (unpaired) electrons. The Kier molecular flexibility index (Phi) is 0.247. The first-order valence-corrected chi connectivity index (χ1v) is 2.18. The first kappa shape index (κ1) is 2.56. The first-order valence-electron chi connectivity index (χ1n) is 2.18. The number of aliphatic imine (C=N–C) groups is 1. The smallest absolute Gasteiger partial charge is 0.0788 e. The third kappa shape index (κ3) is 0.110. The van der Waals surface area contributed by atoms with Crippen molar-refractivity contribution in [2.24, 2.45) is 10.9 Å². The summed E-state index contributed by atoms with van der Waals surface area (Å²) in [6.45, 7) is 0. The topological polar surface area (TPSA) is 12.4 Å². The molecule has 0 saturated heterocycles. The summed E-state index contributed by atoms with van der Waals surface area (Å²) >= 11 is 0. The summed E-state index contributed by atoms with van der Waals surface area (Å²) in [6, 6.07) is 0.602. The van der Waals surface area contributed by atoms with Crippen LogP contribution in [0.2, 0.25) is 0 Å². The average Bonchev–Trinajstić information content (AvgIpc) is 1.54. The minimum Gasteiger partial charge on any atom is -0.288 e. The molecule has 0 aromatic carbocycles. The second-order valence-corrected chi connectivity index (χ2v) is 1.75. The Bertz CT molecular complexity index is 95.9. The Labute approximate surface area is 36.4 Å². The van der Waals surface area contributed by atoms with Crippen LogP contribution in [0.15, 0.2) is 17.1 Å². The first-order chi connectivity index (χ1) is 2.97. The monoisotopic (exact) mass is 79.0 g/mol. The van der Waals surface area contributed by atoms with Gasteiger partial charge in [0, 0.05) is 12.1 Å². The lowest BCUT2D eigenvalue weighted by Gasteiger charge is -2.29. The van der Waals surface area contributed by atoms with Gasteiger partial charge in [-0.05, 0) is 0 Å². The molecule has 30 valence electrons. The van der Waals surface area contributed by atoms with Gasteiger partial charge in [-0.3, -0.25) is 4.99 Å². The van der Waals surface area contributed by atoms with E-state index in [0.717, 1.165) is 5.92 Å². The molecule has 2 atom stereocenters. The summed E-state index contributed by atoms with van der Waals surface area (Å²) in [5, 5.41) is 0. The van der Waals surface area contributed by atoms with E-state index in [2.05, 4.69) is 17.1 Å². The molecule has 0 bridgehead atoms. The number of rotatable bonds is 0. The molecular formula is C5H5N. The number of dihydropyridines is 1. The highest BCUT2D eigenvalue weighted by molar-refractivity contribution is 5.74. The van der Waals surface area contributed by atoms with Gasteiger partial charge in [-0.1, -0.05) is 12.2 Å². The van der Waals surface area contributed by atoms with E-state index in [1.54, 1.807) is 0 Å². The summed E-state index contributed by atoms with van der Waals surface area (Å²) in [6.07, 6.45) is 6.30. The molecular weight excluding hydrogens is 74.1 g/mol. The third-order valence-corrected chi connectivity index (χ3v) is 1.36. The zero-order valence-electron chi connectivity index (χ0n) is 3.33. The van der Waals surface area contributed by atoms with Gasteiger partial charge >= 0.3 is 0 Å². The van der Waals surface area contributed by atoms with E-state index in [9.17, 15) is 0 Å². The Morgan fingerprint density at radius 3 is 2.17 bits per heavy atom. The number of hydrogen-bond donors (Lipinski definition) is 0. The number of nitrogens with zero attached hydrogens (tertiary/aromatic N) is 1. The Morgan fingerprint density at radius 2 is 2.17 bits per heavy atom. The third-order valence-electron chi connectivity index (χ3n) is 1.36. The second-order valence-electron chi connectivity index (χ2n) is 1.75. The quantitative estimate of drug-likeness (QED) is 0.377. The predicted molar refractivity (Wildman–Crippen MR) is 24.9 cm³/mol. The van der Waals surface area contributed by atoms with Crippen molar-refractivity contribution in [2.45, 2.75) is 6.04 Å². The van der Waals surface area contributed by atoms with Crippen LogP contribution < -0.4 is 0 Å². The van der Waals surface area contributed by atoms with Crippen LogP contribution in [0.1, 0.15) is 0 Å². The molecule has 1 nitrogen and oxygen atoms in total. The normalized spacial score (nSPS) is 46.7. The molecule has 0 N–H and O–H groups in total. The van der Waals surface area contributed by atoms with Gasteiger partial charge in [0.25, 0.3) is 0 Å². The van der Waals surface area contributed by atoms with Crippen LogP contribution in [-0.4, -0.2) is 12.3 Å². The Balaban J connectivity index is 2.40. The molecule has 6 heavy (non-hydrogen) atoms. The zero-order chi connectivity index (χ0) is 3.98. The maximum Gasteiger partial charge on any atom is 0.0788 e. The van der Waals surface area contributed by atoms with E-state index in [-0.39, 0.29) is 0 Å². The Hall–Kier alpha value is -0.590. The van der Waals surface area contributed by atoms with Crippen molar-refractivity contribution < 1.29 is 0 Å². The number of fused-ring (bicyclic) bond motifs is 1. The molecule has 2 unspecified atom stereocenters. The molecule has 2 rings (SSSR count). The summed E-state index contributed by atoms with van der Waals surface area (Å²) in [4.78, 5) is 4.03. The van der Waals surface area contributed by atoms with Crippen LogP contribution in [-0.2, 0) is 0 Å². The molecule has 0 amide bonds. The lowest BCUT2D eigenvalue weighted by atomic mass is 9.86. The van der Waals surface area contributed by atoms with Crippen LogP contribution in [0.4, 0.5) is 0 Å². The van der Waals surface area contributed by atoms with E-state index in [1.807, 2.05) is 6.21 Å². The van der Waals surface area contributed by atoms with Gasteiger partial charge < -0.3 is 0 Å². The molecule has 1 heteroatoms. The van der Waals surface area contributed by atoms with Crippen molar-refractivity contribution in [3.05, 3.63) is 12.2 Å². The van der Waals surface area contributed by atoms with Crippen LogP contribution in [0.3, 0.4) is 0 Å². The summed E-state index contributed by atoms with van der Waals surface area (Å²) in [5.41, 5.74) is 0. The molecule has 0 aromatic rings. The highest BCUT2D eigenvalue weighted by atomic mass is 14.9. The van der Waals surface area contributed by atoms with Crippen LogP contribution >= 0.6 is 0 Å². The maximum atomic E-state index is 4.03. The van der Waals surface area contributed by atoms with Crippen LogP contribution in [0.5, 0.6) is 0 Å². The van der Waals surface area contributed by atoms with Crippen molar-refractivity contribution in [1.82, 2.24) is 0 Å². The lowest BCUT2D eigenvalue weighted by Crippen LogP contribution is -2.32. The standard InChI is InChI=1S/C5H5N/c1-2-5-4(1)3-6-5/h1-5H. The fraction of sp³-hybridized carbons (Fsp3) is 0.400. The highest BCUT2D eigenvalue weighted by Crippen LogP contribution is 2.25. The van der Waals surface area contributed by atoms with Gasteiger partial charge in [0.1, 0.15) is 0 Å². The molecule has 0 saturated carbocycles. The summed E-state index contributed by atoms with van der Waals surface area (Å²) in [7, 11) is 0. The second kappa shape index (κ2) is 0.579. The Morgan fingerprint density at radius 1 is 1.33 bits per heavy atom. The van der Waals surface area contributed by atoms with Gasteiger partial charge in [-0.25, -0.2) is 0 Å². The fourth-order valence-electron chi connectivity index (χ4n) is 0.723. The molecule has 0 aromatic heterocycles.